The molecule has 2 aliphatic heterocycles. The summed E-state index contributed by atoms with van der Waals surface area (Å²) in [5.74, 6) is 2.28. The third-order valence-corrected chi connectivity index (χ3v) is 8.41. The molecule has 4 N–H and O–H groups in total. The van der Waals surface area contributed by atoms with Gasteiger partial charge < -0.3 is 10.1 Å². The summed E-state index contributed by atoms with van der Waals surface area (Å²) in [7, 11) is 0. The highest BCUT2D eigenvalue weighted by Crippen LogP contribution is 2.45. The molecule has 2 fully saturated rings. The Labute approximate surface area is 205 Å². The fourth-order valence-electron chi connectivity index (χ4n) is 5.98. The van der Waals surface area contributed by atoms with Gasteiger partial charge in [-0.2, -0.15) is 11.8 Å². The minimum Gasteiger partial charge on any atom is -0.508 e. The first-order valence-electron chi connectivity index (χ1n) is 12.5. The van der Waals surface area contributed by atoms with E-state index in [0.29, 0.717) is 0 Å². The number of hydrogen-bond acceptors (Lipinski definition) is 6. The van der Waals surface area contributed by atoms with E-state index >= 15 is 4.39 Å². The monoisotopic (exact) mass is 485 g/mol. The second kappa shape index (κ2) is 10.4. The van der Waals surface area contributed by atoms with Gasteiger partial charge in [0.05, 0.1) is 24.0 Å². The molecule has 1 saturated heterocycles. The van der Waals surface area contributed by atoms with Gasteiger partial charge in [0.1, 0.15) is 17.7 Å². The predicted octanol–water partition coefficient (Wildman–Crippen LogP) is 4.18. The largest absolute Gasteiger partial charge is 0.508 e. The van der Waals surface area contributed by atoms with Crippen LogP contribution in [-0.4, -0.2) is 63.8 Å². The fourth-order valence-corrected chi connectivity index (χ4v) is 6.42. The number of thioether (sulfide) groups is 1. The van der Waals surface area contributed by atoms with Gasteiger partial charge in [-0.05, 0) is 60.8 Å². The summed E-state index contributed by atoms with van der Waals surface area (Å²) in [5.41, 5.74) is 11.1. The van der Waals surface area contributed by atoms with E-state index in [0.717, 1.165) is 73.7 Å². The van der Waals surface area contributed by atoms with E-state index in [1.165, 1.54) is 5.57 Å². The van der Waals surface area contributed by atoms with Crippen LogP contribution in [0.5, 0.6) is 5.75 Å². The lowest BCUT2D eigenvalue weighted by atomic mass is 9.71. The van der Waals surface area contributed by atoms with Crippen molar-refractivity contribution in [2.24, 2.45) is 5.92 Å². The number of imidazole rings is 1. The average molecular weight is 486 g/mol. The highest BCUT2D eigenvalue weighted by Gasteiger charge is 2.48. The molecule has 2 aromatic rings. The number of aromatic nitrogens is 2. The number of alkyl halides is 1. The molecule has 5 rings (SSSR count). The van der Waals surface area contributed by atoms with Crippen LogP contribution in [0.1, 0.15) is 60.8 Å². The van der Waals surface area contributed by atoms with E-state index in [1.807, 2.05) is 24.0 Å². The number of fused-ring (bicyclic) bond motifs is 1. The summed E-state index contributed by atoms with van der Waals surface area (Å²) in [4.78, 5) is 10.8. The van der Waals surface area contributed by atoms with Crippen molar-refractivity contribution in [1.82, 2.24) is 25.7 Å². The van der Waals surface area contributed by atoms with Gasteiger partial charge >= 0.3 is 0 Å². The number of phenols is 1. The van der Waals surface area contributed by atoms with Crippen molar-refractivity contribution in [3.05, 3.63) is 53.1 Å². The fraction of sp³-hybridized carbons (Fsp3) is 0.577. The number of H-pyrrole nitrogens is 1. The molecule has 5 atom stereocenters. The Kier molecular flexibility index (Phi) is 7.30. The Bertz CT molecular complexity index is 1030. The minimum atomic E-state index is -0.994. The molecule has 0 radical (unpaired) electrons. The van der Waals surface area contributed by atoms with E-state index in [9.17, 15) is 5.11 Å². The van der Waals surface area contributed by atoms with Crippen LogP contribution in [0.25, 0.3) is 5.57 Å². The highest BCUT2D eigenvalue weighted by molar-refractivity contribution is 7.98. The number of phenolic OH excluding ortho intramolecular Hbond substituents is 1. The number of hydrazine groups is 1. The molecule has 184 valence electrons. The number of rotatable bonds is 7. The normalized spacial score (nSPS) is 29.7. The Hall–Kier alpha value is -1.87. The van der Waals surface area contributed by atoms with Crippen LogP contribution in [0, 0.1) is 5.92 Å². The number of nitrogens with one attached hydrogen (secondary N) is 3. The molecule has 6 nitrogen and oxygen atoms in total. The van der Waals surface area contributed by atoms with Crippen LogP contribution in [0.2, 0.25) is 0 Å². The number of benzene rings is 1. The molecule has 3 heterocycles. The molecule has 0 amide bonds. The lowest BCUT2D eigenvalue weighted by Gasteiger charge is -2.36. The van der Waals surface area contributed by atoms with Gasteiger partial charge in [-0.15, -0.1) is 0 Å². The van der Waals surface area contributed by atoms with Crippen molar-refractivity contribution in [2.75, 3.05) is 31.6 Å². The van der Waals surface area contributed by atoms with E-state index in [4.69, 9.17) is 4.98 Å². The molecular formula is C26H36FN5OS. The van der Waals surface area contributed by atoms with Crippen LogP contribution in [0.4, 0.5) is 4.39 Å². The molecule has 8 heteroatoms. The van der Waals surface area contributed by atoms with Gasteiger partial charge in [0.25, 0.3) is 0 Å². The SMILES string of the molecule is CCc1cc(O)ccc1C1CCC2C(c3ncc(C4=CCCN(CCSC)C4)[nH]3)NNC2C1F. The van der Waals surface area contributed by atoms with E-state index in [-0.39, 0.29) is 29.7 Å². The first kappa shape index (κ1) is 23.9. The number of nitrogens with zero attached hydrogens (tertiary/aromatic N) is 2. The Morgan fingerprint density at radius 2 is 2.15 bits per heavy atom. The van der Waals surface area contributed by atoms with Gasteiger partial charge in [-0.3, -0.25) is 10.3 Å². The van der Waals surface area contributed by atoms with Crippen LogP contribution in [-0.2, 0) is 6.42 Å². The average Bonchev–Trinajstić information content (AvgIpc) is 3.51. The molecule has 1 aromatic heterocycles. The molecule has 5 unspecified atom stereocenters. The van der Waals surface area contributed by atoms with Crippen molar-refractivity contribution >= 4 is 17.3 Å². The maximum atomic E-state index is 15.8. The van der Waals surface area contributed by atoms with Crippen molar-refractivity contribution in [2.45, 2.75) is 56.8 Å². The predicted molar refractivity (Wildman–Crippen MR) is 137 cm³/mol. The highest BCUT2D eigenvalue weighted by atomic mass is 32.2. The van der Waals surface area contributed by atoms with Crippen molar-refractivity contribution < 1.29 is 9.50 Å². The number of aromatic amines is 1. The summed E-state index contributed by atoms with van der Waals surface area (Å²) in [6.45, 7) is 5.23. The lowest BCUT2D eigenvalue weighted by molar-refractivity contribution is 0.135. The van der Waals surface area contributed by atoms with Gasteiger partial charge in [0, 0.05) is 37.2 Å². The van der Waals surface area contributed by atoms with Gasteiger partial charge in [0.2, 0.25) is 0 Å². The zero-order chi connectivity index (χ0) is 23.7. The molecular weight excluding hydrogens is 449 g/mol. The molecule has 34 heavy (non-hydrogen) atoms. The second-order valence-electron chi connectivity index (χ2n) is 9.79. The third-order valence-electron chi connectivity index (χ3n) is 7.82. The first-order valence-corrected chi connectivity index (χ1v) is 13.9. The summed E-state index contributed by atoms with van der Waals surface area (Å²) in [5, 5.41) is 9.86. The number of aromatic hydroxyl groups is 1. The molecule has 0 bridgehead atoms. The third kappa shape index (κ3) is 4.65. The van der Waals surface area contributed by atoms with E-state index < -0.39 is 6.17 Å². The van der Waals surface area contributed by atoms with Crippen LogP contribution >= 0.6 is 11.8 Å². The molecule has 0 spiro atoms. The summed E-state index contributed by atoms with van der Waals surface area (Å²) < 4.78 is 15.8. The Morgan fingerprint density at radius 3 is 2.97 bits per heavy atom. The smallest absolute Gasteiger partial charge is 0.125 e. The zero-order valence-corrected chi connectivity index (χ0v) is 20.9. The van der Waals surface area contributed by atoms with Crippen molar-refractivity contribution in [3.8, 4) is 5.75 Å². The number of hydrogen-bond donors (Lipinski definition) is 4. The minimum absolute atomic E-state index is 0.0276. The maximum Gasteiger partial charge on any atom is 0.125 e. The molecule has 1 saturated carbocycles. The number of aryl methyl sites for hydroxylation is 1. The zero-order valence-electron chi connectivity index (χ0n) is 20.1. The molecule has 3 aliphatic rings. The van der Waals surface area contributed by atoms with Gasteiger partial charge in [-0.1, -0.05) is 19.1 Å². The lowest BCUT2D eigenvalue weighted by Crippen LogP contribution is -2.45. The number of halogens is 1. The quantitative estimate of drug-likeness (QED) is 0.472. The van der Waals surface area contributed by atoms with Crippen LogP contribution in [0.3, 0.4) is 0 Å². The van der Waals surface area contributed by atoms with Crippen LogP contribution in [0.15, 0.2) is 30.5 Å². The topological polar surface area (TPSA) is 76.2 Å². The van der Waals surface area contributed by atoms with Crippen molar-refractivity contribution in [1.29, 1.82) is 0 Å². The van der Waals surface area contributed by atoms with Gasteiger partial charge in [-0.25, -0.2) is 14.8 Å². The van der Waals surface area contributed by atoms with Gasteiger partial charge in [0.15, 0.2) is 0 Å². The first-order chi connectivity index (χ1) is 16.6. The standard InChI is InChI=1S/C26H36FN5OS/c1-3-16-13-18(33)6-7-19(16)20-8-9-21-24(23(20)27)30-31-25(21)26-28-14-22(29-26)17-5-4-10-32(15-17)11-12-34-2/h5-7,13-14,20-21,23-25,30-31,33H,3-4,8-12,15H2,1-2H3,(H,28,29). The summed E-state index contributed by atoms with van der Waals surface area (Å²) >= 11 is 1.89. The van der Waals surface area contributed by atoms with Crippen molar-refractivity contribution in [3.63, 3.8) is 0 Å². The van der Waals surface area contributed by atoms with E-state index in [1.54, 1.807) is 12.1 Å². The Balaban J connectivity index is 1.28. The summed E-state index contributed by atoms with van der Waals surface area (Å²) in [6, 6.07) is 5.09. The molecule has 1 aromatic carbocycles. The second-order valence-corrected chi connectivity index (χ2v) is 10.8. The maximum absolute atomic E-state index is 15.8. The molecule has 1 aliphatic carbocycles. The van der Waals surface area contributed by atoms with Crippen LogP contribution < -0.4 is 10.9 Å². The van der Waals surface area contributed by atoms with E-state index in [2.05, 4.69) is 40.0 Å². The Morgan fingerprint density at radius 1 is 1.26 bits per heavy atom. The summed E-state index contributed by atoms with van der Waals surface area (Å²) in [6.07, 6.45) is 8.99.